The molecule has 120 valence electrons. The van der Waals surface area contributed by atoms with Crippen molar-refractivity contribution in [1.82, 2.24) is 0 Å². The molecule has 0 aromatic heterocycles. The highest BCUT2D eigenvalue weighted by atomic mass is 16.4. The van der Waals surface area contributed by atoms with Crippen LogP contribution in [0, 0.1) is 0 Å². The van der Waals surface area contributed by atoms with Gasteiger partial charge in [-0.25, -0.2) is 0 Å². The summed E-state index contributed by atoms with van der Waals surface area (Å²) in [5.41, 5.74) is 0. The van der Waals surface area contributed by atoms with Crippen LogP contribution in [0.1, 0.15) is 6.92 Å². The largest absolute Gasteiger partial charge is 0.397 e. The first kappa shape index (κ1) is 23.7. The van der Waals surface area contributed by atoms with Crippen LogP contribution in [0.15, 0.2) is 0 Å². The van der Waals surface area contributed by atoms with Gasteiger partial charge in [-0.2, -0.15) is 0 Å². The number of aliphatic hydroxyl groups excluding tert-OH is 9. The number of aliphatic hydroxyl groups is 9. The summed E-state index contributed by atoms with van der Waals surface area (Å²) in [5, 5.41) is 74.2. The van der Waals surface area contributed by atoms with E-state index in [9.17, 15) is 0 Å². The van der Waals surface area contributed by atoms with Crippen molar-refractivity contribution >= 4 is 0 Å². The Balaban J connectivity index is -0.000000242. The van der Waals surface area contributed by atoms with Gasteiger partial charge in [-0.15, -0.1) is 0 Å². The second kappa shape index (κ2) is 17.6. The van der Waals surface area contributed by atoms with Crippen LogP contribution in [0.3, 0.4) is 0 Å². The van der Waals surface area contributed by atoms with E-state index >= 15 is 0 Å². The molecule has 9 N–H and O–H groups in total. The van der Waals surface area contributed by atoms with Gasteiger partial charge in [0.25, 0.3) is 0 Å². The second-order valence-corrected chi connectivity index (χ2v) is 3.33. The minimum absolute atomic E-state index is 0.250. The third-order valence-corrected chi connectivity index (χ3v) is 1.58. The van der Waals surface area contributed by atoms with Crippen LogP contribution >= 0.6 is 0 Å². The SMILES string of the molecule is CCO.OCC(O)CO.OC[C@@H](O)C(O)[C@@H](O)CO. The lowest BCUT2D eigenvalue weighted by Crippen LogP contribution is -2.41. The molecule has 0 spiro atoms. The highest BCUT2D eigenvalue weighted by Crippen LogP contribution is 1.97. The average Bonchev–Trinajstić information content (AvgIpc) is 2.45. The third kappa shape index (κ3) is 17.6. The lowest BCUT2D eigenvalue weighted by Gasteiger charge is -2.19. The predicted molar refractivity (Wildman–Crippen MR) is 65.1 cm³/mol. The summed E-state index contributed by atoms with van der Waals surface area (Å²) in [4.78, 5) is 0. The standard InChI is InChI=1S/C5H12O5.C3H8O3.C2H6O/c6-1-3(8)5(10)4(9)2-7;4-1-3(6)2-5;1-2-3/h3-10H,1-2H2;3-6H,1-2H2;3H,2H2,1H3/t3-,4+,5?;;. The fraction of sp³-hybridized carbons (Fsp3) is 1.00. The minimum atomic E-state index is -1.49. The monoisotopic (exact) mass is 290 g/mol. The Morgan fingerprint density at radius 2 is 0.895 bits per heavy atom. The fourth-order valence-corrected chi connectivity index (χ4v) is 0.530. The van der Waals surface area contributed by atoms with Crippen molar-refractivity contribution in [3.05, 3.63) is 0 Å². The van der Waals surface area contributed by atoms with E-state index in [1.54, 1.807) is 6.92 Å². The Hall–Kier alpha value is -0.360. The second-order valence-electron chi connectivity index (χ2n) is 3.33. The summed E-state index contributed by atoms with van der Waals surface area (Å²) in [7, 11) is 0. The summed E-state index contributed by atoms with van der Waals surface area (Å²) in [6.07, 6.45) is -5.25. The van der Waals surface area contributed by atoms with E-state index in [4.69, 9.17) is 46.0 Å². The highest BCUT2D eigenvalue weighted by molar-refractivity contribution is 4.73. The lowest BCUT2D eigenvalue weighted by molar-refractivity contribution is -0.0900. The van der Waals surface area contributed by atoms with Crippen LogP contribution in [0.4, 0.5) is 0 Å². The van der Waals surface area contributed by atoms with E-state index in [0.29, 0.717) is 0 Å². The topological polar surface area (TPSA) is 182 Å². The van der Waals surface area contributed by atoms with E-state index in [-0.39, 0.29) is 19.8 Å². The Kier molecular flexibility index (Phi) is 22.0. The van der Waals surface area contributed by atoms with E-state index < -0.39 is 37.6 Å². The smallest absolute Gasteiger partial charge is 0.110 e. The van der Waals surface area contributed by atoms with E-state index in [1.807, 2.05) is 0 Å². The summed E-state index contributed by atoms with van der Waals surface area (Å²) in [5.74, 6) is 0. The zero-order valence-corrected chi connectivity index (χ0v) is 10.9. The van der Waals surface area contributed by atoms with Crippen molar-refractivity contribution in [2.24, 2.45) is 0 Å². The van der Waals surface area contributed by atoms with Crippen LogP contribution in [-0.4, -0.2) is 103 Å². The molecule has 0 saturated carbocycles. The number of hydrogen-bond donors (Lipinski definition) is 9. The van der Waals surface area contributed by atoms with Crippen molar-refractivity contribution in [3.63, 3.8) is 0 Å². The zero-order valence-electron chi connectivity index (χ0n) is 10.9. The summed E-state index contributed by atoms with van der Waals surface area (Å²) in [6, 6.07) is 0. The van der Waals surface area contributed by atoms with Gasteiger partial charge in [-0.05, 0) is 6.92 Å². The molecule has 0 bridgehead atoms. The molecule has 0 radical (unpaired) electrons. The van der Waals surface area contributed by atoms with Crippen LogP contribution in [0.5, 0.6) is 0 Å². The average molecular weight is 290 g/mol. The maximum Gasteiger partial charge on any atom is 0.110 e. The van der Waals surface area contributed by atoms with E-state index in [0.717, 1.165) is 0 Å². The lowest BCUT2D eigenvalue weighted by atomic mass is 10.1. The van der Waals surface area contributed by atoms with Gasteiger partial charge in [-0.3, -0.25) is 0 Å². The van der Waals surface area contributed by atoms with Crippen LogP contribution in [0.25, 0.3) is 0 Å². The zero-order chi connectivity index (χ0) is 15.8. The summed E-state index contributed by atoms with van der Waals surface area (Å²) >= 11 is 0. The molecule has 9 nitrogen and oxygen atoms in total. The minimum Gasteiger partial charge on any atom is -0.397 e. The van der Waals surface area contributed by atoms with Gasteiger partial charge in [0.2, 0.25) is 0 Å². The Morgan fingerprint density at radius 3 is 1.00 bits per heavy atom. The molecule has 1 unspecified atom stereocenters. The summed E-state index contributed by atoms with van der Waals surface area (Å²) in [6.45, 7) is -0.0799. The number of hydrogen-bond acceptors (Lipinski definition) is 9. The van der Waals surface area contributed by atoms with Crippen molar-refractivity contribution in [2.45, 2.75) is 31.3 Å². The first-order valence-electron chi connectivity index (χ1n) is 5.62. The van der Waals surface area contributed by atoms with Crippen molar-refractivity contribution in [3.8, 4) is 0 Å². The van der Waals surface area contributed by atoms with Crippen LogP contribution in [0.2, 0.25) is 0 Å². The molecule has 0 fully saturated rings. The van der Waals surface area contributed by atoms with Gasteiger partial charge in [0.05, 0.1) is 26.4 Å². The Bertz CT molecular complexity index is 144. The molecular weight excluding hydrogens is 264 g/mol. The Morgan fingerprint density at radius 1 is 0.632 bits per heavy atom. The van der Waals surface area contributed by atoms with Crippen molar-refractivity contribution in [1.29, 1.82) is 0 Å². The molecule has 0 aromatic rings. The third-order valence-electron chi connectivity index (χ3n) is 1.58. The van der Waals surface area contributed by atoms with Crippen LogP contribution in [-0.2, 0) is 0 Å². The maximum absolute atomic E-state index is 8.77. The maximum atomic E-state index is 8.77. The molecule has 0 aliphatic heterocycles. The predicted octanol–water partition coefficient (Wildman–Crippen LogP) is -4.62. The van der Waals surface area contributed by atoms with Crippen LogP contribution < -0.4 is 0 Å². The van der Waals surface area contributed by atoms with Crippen molar-refractivity contribution < 1.29 is 46.0 Å². The van der Waals surface area contributed by atoms with Gasteiger partial charge < -0.3 is 46.0 Å². The number of rotatable bonds is 6. The summed E-state index contributed by atoms with van der Waals surface area (Å²) < 4.78 is 0. The first-order chi connectivity index (χ1) is 8.85. The van der Waals surface area contributed by atoms with E-state index in [2.05, 4.69) is 0 Å². The molecule has 0 saturated heterocycles. The van der Waals surface area contributed by atoms with Gasteiger partial charge in [0.1, 0.15) is 24.4 Å². The van der Waals surface area contributed by atoms with Crippen molar-refractivity contribution in [2.75, 3.05) is 33.0 Å². The quantitative estimate of drug-likeness (QED) is 0.232. The van der Waals surface area contributed by atoms with Gasteiger partial charge in [0, 0.05) is 6.61 Å². The molecule has 0 aliphatic carbocycles. The molecule has 3 atom stereocenters. The molecule has 0 heterocycles. The normalized spacial score (nSPS) is 14.7. The van der Waals surface area contributed by atoms with Gasteiger partial charge >= 0.3 is 0 Å². The first-order valence-corrected chi connectivity index (χ1v) is 5.62. The fourth-order valence-electron chi connectivity index (χ4n) is 0.530. The van der Waals surface area contributed by atoms with Gasteiger partial charge in [0.15, 0.2) is 0 Å². The molecule has 0 amide bonds. The molecule has 0 rings (SSSR count). The highest BCUT2D eigenvalue weighted by Gasteiger charge is 2.22. The van der Waals surface area contributed by atoms with E-state index in [1.165, 1.54) is 0 Å². The molecule has 9 heteroatoms. The Labute approximate surface area is 111 Å². The molecule has 0 aromatic carbocycles. The molecule has 0 aliphatic rings. The molecular formula is C10H26O9. The molecule has 19 heavy (non-hydrogen) atoms. The van der Waals surface area contributed by atoms with Gasteiger partial charge in [-0.1, -0.05) is 0 Å².